The second-order valence-corrected chi connectivity index (χ2v) is 12.6. The van der Waals surface area contributed by atoms with E-state index >= 15 is 0 Å². The lowest BCUT2D eigenvalue weighted by Gasteiger charge is -2.70. The van der Waals surface area contributed by atoms with Crippen molar-refractivity contribution >= 4 is 27.7 Å². The van der Waals surface area contributed by atoms with Crippen molar-refractivity contribution in [3.8, 4) is 17.0 Å². The highest BCUT2D eigenvalue weighted by molar-refractivity contribution is 6.08. The number of aliphatic hydroxyl groups excluding tert-OH is 1. The lowest BCUT2D eigenvalue weighted by molar-refractivity contribution is -0.235. The number of fused-ring (bicyclic) bond motifs is 3. The minimum Gasteiger partial charge on any atom is -0.474 e. The summed E-state index contributed by atoms with van der Waals surface area (Å²) in [4.78, 5) is 24.1. The van der Waals surface area contributed by atoms with E-state index in [9.17, 15) is 4.79 Å². The predicted molar refractivity (Wildman–Crippen MR) is 158 cm³/mol. The van der Waals surface area contributed by atoms with E-state index in [1.54, 1.807) is 0 Å². The third kappa shape index (κ3) is 4.48. The second kappa shape index (κ2) is 10.1. The van der Waals surface area contributed by atoms with Crippen molar-refractivity contribution in [3.05, 3.63) is 55.0 Å². The highest BCUT2D eigenvalue weighted by Crippen LogP contribution is 2.74. The SMILES string of the molecule is Cn1c2ccncc2c2ccc(-c3ccc(O[C@H]4C[C@H](N(C)C(=O)C56CC(COCCCCO)(C5)C6)C4)nc3)cc21. The number of aromatic nitrogens is 3. The summed E-state index contributed by atoms with van der Waals surface area (Å²) in [5.41, 5.74) is 4.57. The quantitative estimate of drug-likeness (QED) is 0.259. The van der Waals surface area contributed by atoms with Gasteiger partial charge in [-0.25, -0.2) is 4.98 Å². The summed E-state index contributed by atoms with van der Waals surface area (Å²) in [5, 5.41) is 11.2. The van der Waals surface area contributed by atoms with Crippen LogP contribution in [0.1, 0.15) is 44.9 Å². The van der Waals surface area contributed by atoms with Crippen LogP contribution in [0.5, 0.6) is 5.88 Å². The Balaban J connectivity index is 0.904. The van der Waals surface area contributed by atoms with Gasteiger partial charge >= 0.3 is 0 Å². The summed E-state index contributed by atoms with van der Waals surface area (Å²) < 4.78 is 14.2. The fraction of sp³-hybridized carbons (Fsp3) is 0.485. The van der Waals surface area contributed by atoms with Gasteiger partial charge in [-0.3, -0.25) is 9.78 Å². The Kier molecular flexibility index (Phi) is 6.51. The van der Waals surface area contributed by atoms with E-state index in [-0.39, 0.29) is 29.6 Å². The number of carbonyl (C=O) groups is 1. The number of unbranched alkanes of at least 4 members (excludes halogenated alkanes) is 1. The van der Waals surface area contributed by atoms with Crippen LogP contribution in [0.25, 0.3) is 32.9 Å². The van der Waals surface area contributed by atoms with Gasteiger partial charge in [-0.15, -0.1) is 0 Å². The van der Waals surface area contributed by atoms with Crippen LogP contribution in [0.2, 0.25) is 0 Å². The number of rotatable bonds is 11. The Morgan fingerprint density at radius 3 is 2.61 bits per heavy atom. The number of ether oxygens (including phenoxy) is 2. The molecule has 3 heterocycles. The first-order valence-corrected chi connectivity index (χ1v) is 14.8. The number of aryl methyl sites for hydroxylation is 1. The molecule has 0 radical (unpaired) electrons. The third-order valence-corrected chi connectivity index (χ3v) is 9.80. The van der Waals surface area contributed by atoms with Crippen molar-refractivity contribution in [1.82, 2.24) is 19.4 Å². The molecule has 0 unspecified atom stereocenters. The van der Waals surface area contributed by atoms with Crippen molar-refractivity contribution in [1.29, 1.82) is 0 Å². The number of aliphatic hydroxyl groups is 1. The van der Waals surface area contributed by atoms with E-state index in [2.05, 4.69) is 45.8 Å². The van der Waals surface area contributed by atoms with Gasteiger partial charge < -0.3 is 24.0 Å². The first kappa shape index (κ1) is 26.4. The summed E-state index contributed by atoms with van der Waals surface area (Å²) >= 11 is 0. The number of benzene rings is 1. The maximum atomic E-state index is 13.3. The fourth-order valence-corrected chi connectivity index (χ4v) is 7.50. The molecule has 1 N–H and O–H groups in total. The van der Waals surface area contributed by atoms with Crippen LogP contribution in [0.4, 0.5) is 0 Å². The maximum Gasteiger partial charge on any atom is 0.228 e. The number of pyridine rings is 2. The molecule has 1 aromatic carbocycles. The number of amides is 1. The van der Waals surface area contributed by atoms with Crippen LogP contribution in [-0.2, 0) is 16.6 Å². The number of hydrogen-bond donors (Lipinski definition) is 1. The average Bonchev–Trinajstić information content (AvgIpc) is 3.22. The summed E-state index contributed by atoms with van der Waals surface area (Å²) in [5.74, 6) is 0.924. The molecule has 0 saturated heterocycles. The molecule has 214 valence electrons. The molecule has 0 spiro atoms. The topological polar surface area (TPSA) is 89.7 Å². The van der Waals surface area contributed by atoms with Crippen molar-refractivity contribution in [3.63, 3.8) is 0 Å². The third-order valence-electron chi connectivity index (χ3n) is 9.80. The summed E-state index contributed by atoms with van der Waals surface area (Å²) in [6.45, 7) is 1.66. The molecule has 4 aliphatic carbocycles. The summed E-state index contributed by atoms with van der Waals surface area (Å²) in [7, 11) is 4.04. The largest absolute Gasteiger partial charge is 0.474 e. The van der Waals surface area contributed by atoms with E-state index in [1.165, 1.54) is 16.4 Å². The first-order chi connectivity index (χ1) is 19.9. The van der Waals surface area contributed by atoms with E-state index in [0.717, 1.165) is 68.1 Å². The molecule has 8 rings (SSSR count). The van der Waals surface area contributed by atoms with E-state index in [1.807, 2.05) is 42.7 Å². The molecule has 2 bridgehead atoms. The zero-order valence-corrected chi connectivity index (χ0v) is 23.9. The fourth-order valence-electron chi connectivity index (χ4n) is 7.50. The van der Waals surface area contributed by atoms with Gasteiger partial charge in [-0.2, -0.15) is 0 Å². The van der Waals surface area contributed by atoms with Gasteiger partial charge in [0.1, 0.15) is 6.10 Å². The zero-order chi connectivity index (χ0) is 28.2. The monoisotopic (exact) mass is 554 g/mol. The van der Waals surface area contributed by atoms with Crippen LogP contribution in [0.15, 0.2) is 55.0 Å². The summed E-state index contributed by atoms with van der Waals surface area (Å²) in [6.07, 6.45) is 11.9. The highest BCUT2D eigenvalue weighted by Gasteiger charge is 2.72. The molecule has 41 heavy (non-hydrogen) atoms. The highest BCUT2D eigenvalue weighted by atomic mass is 16.5. The molecule has 4 fully saturated rings. The van der Waals surface area contributed by atoms with Crippen LogP contribution < -0.4 is 4.74 Å². The van der Waals surface area contributed by atoms with Gasteiger partial charge in [-0.05, 0) is 61.3 Å². The van der Waals surface area contributed by atoms with E-state index in [4.69, 9.17) is 14.6 Å². The molecule has 8 heteroatoms. The zero-order valence-electron chi connectivity index (χ0n) is 23.9. The molecule has 4 aliphatic rings. The molecular weight excluding hydrogens is 516 g/mol. The Labute approximate surface area is 240 Å². The van der Waals surface area contributed by atoms with Crippen LogP contribution >= 0.6 is 0 Å². The number of nitrogens with zero attached hydrogens (tertiary/aromatic N) is 4. The van der Waals surface area contributed by atoms with Crippen molar-refractivity contribution in [2.75, 3.05) is 26.9 Å². The summed E-state index contributed by atoms with van der Waals surface area (Å²) in [6, 6.07) is 12.8. The lowest BCUT2D eigenvalue weighted by Crippen LogP contribution is -2.70. The van der Waals surface area contributed by atoms with Gasteiger partial charge in [0.25, 0.3) is 0 Å². The Morgan fingerprint density at radius 1 is 1.05 bits per heavy atom. The van der Waals surface area contributed by atoms with Crippen molar-refractivity contribution in [2.24, 2.45) is 17.9 Å². The van der Waals surface area contributed by atoms with Gasteiger partial charge in [0, 0.05) is 92.7 Å². The van der Waals surface area contributed by atoms with Crippen LogP contribution in [0.3, 0.4) is 0 Å². The van der Waals surface area contributed by atoms with Crippen molar-refractivity contribution in [2.45, 2.75) is 57.1 Å². The molecule has 4 aromatic rings. The van der Waals surface area contributed by atoms with Gasteiger partial charge in [0.05, 0.1) is 17.5 Å². The Bertz CT molecular complexity index is 1570. The van der Waals surface area contributed by atoms with E-state index < -0.39 is 0 Å². The molecule has 8 nitrogen and oxygen atoms in total. The normalized spacial score (nSPS) is 26.3. The standard InChI is InChI=1S/C33H38N4O4/c1-36(31(39)33-18-32(19-33,20-33)21-40-12-4-3-11-38)24-14-25(15-24)41-30-8-6-23(16-35-30)22-5-7-26-27-17-34-10-9-28(27)37(2)29(26)13-22/h5-10,13,16-17,24-25,38H,3-4,11-12,14-15,18-21H2,1-2H3/t24-,25-,32?,33?. The Hall–Kier alpha value is -3.49. The molecule has 1 amide bonds. The number of hydrogen-bond acceptors (Lipinski definition) is 6. The van der Waals surface area contributed by atoms with Gasteiger partial charge in [-0.1, -0.05) is 12.1 Å². The van der Waals surface area contributed by atoms with Crippen molar-refractivity contribution < 1.29 is 19.4 Å². The molecule has 0 aliphatic heterocycles. The molecule has 4 saturated carbocycles. The first-order valence-electron chi connectivity index (χ1n) is 14.8. The number of carbonyl (C=O) groups excluding carboxylic acids is 1. The van der Waals surface area contributed by atoms with E-state index in [0.29, 0.717) is 18.4 Å². The second-order valence-electron chi connectivity index (χ2n) is 12.6. The van der Waals surface area contributed by atoms with Crippen LogP contribution in [-0.4, -0.2) is 69.5 Å². The molecule has 3 aromatic heterocycles. The Morgan fingerprint density at radius 2 is 1.85 bits per heavy atom. The maximum absolute atomic E-state index is 13.3. The lowest BCUT2D eigenvalue weighted by atomic mass is 9.35. The molecule has 0 atom stereocenters. The predicted octanol–water partition coefficient (Wildman–Crippen LogP) is 5.12. The van der Waals surface area contributed by atoms with Gasteiger partial charge in [0.15, 0.2) is 0 Å². The van der Waals surface area contributed by atoms with Crippen LogP contribution in [0, 0.1) is 10.8 Å². The smallest absolute Gasteiger partial charge is 0.228 e. The molecular formula is C33H38N4O4. The average molecular weight is 555 g/mol. The minimum absolute atomic E-state index is 0.0843. The van der Waals surface area contributed by atoms with Gasteiger partial charge in [0.2, 0.25) is 11.8 Å². The minimum atomic E-state index is -0.154.